The Kier molecular flexibility index (Phi) is 25.5. The minimum absolute atomic E-state index is 0.0596. The molecule has 3 N–H and O–H groups in total. The van der Waals surface area contributed by atoms with Crippen LogP contribution in [-0.2, 0) is 6.18 Å². The van der Waals surface area contributed by atoms with Gasteiger partial charge in [0.15, 0.2) is 34.9 Å². The van der Waals surface area contributed by atoms with E-state index in [2.05, 4.69) is 89.7 Å². The molecule has 0 saturated heterocycles. The number of alkyl halides is 3. The second-order valence-electron chi connectivity index (χ2n) is 30.0. The molecule has 0 aliphatic heterocycles. The highest BCUT2D eigenvalue weighted by Gasteiger charge is 2.35. The Hall–Kier alpha value is -20.2. The number of ether oxygens (including phenoxy) is 1. The summed E-state index contributed by atoms with van der Waals surface area (Å²) in [5.41, 5.74) is 7.83. The van der Waals surface area contributed by atoms with E-state index in [9.17, 15) is 47.0 Å². The Morgan fingerprint density at radius 3 is 0.923 bits per heavy atom. The monoisotopic (exact) mass is 1920 g/mol. The fraction of sp³-hybridized carbons (Fsp3) is 0.0303. The summed E-state index contributed by atoms with van der Waals surface area (Å²) in [5.74, 6) is 4.33. The number of imidazole rings is 6. The summed E-state index contributed by atoms with van der Waals surface area (Å²) in [6.45, 7) is 1.86. The number of phenols is 1. The van der Waals surface area contributed by atoms with Gasteiger partial charge in [0.05, 0.1) is 94.9 Å². The minimum atomic E-state index is -4.69. The second-order valence-corrected chi connectivity index (χ2v) is 30.4. The Labute approximate surface area is 796 Å². The molecule has 0 atom stereocenters. The second kappa shape index (κ2) is 39.8. The van der Waals surface area contributed by atoms with E-state index >= 15 is 0 Å². The van der Waals surface area contributed by atoms with Crippen LogP contribution in [0.1, 0.15) is 11.1 Å². The maximum atomic E-state index is 13.1. The molecule has 18 aromatic heterocycles. The maximum Gasteiger partial charge on any atom is 0.417 e. The number of pyridine rings is 6. The molecule has 0 unspecified atom stereocenters. The van der Waals surface area contributed by atoms with Crippen molar-refractivity contribution in [2.45, 2.75) is 13.1 Å². The molecule has 0 spiro atoms. The molecule has 142 heavy (non-hydrogen) atoms. The number of benzene rings is 6. The van der Waals surface area contributed by atoms with Crippen LogP contribution in [0, 0.1) is 6.92 Å². The number of anilines is 1. The van der Waals surface area contributed by atoms with Crippen LogP contribution in [0.2, 0.25) is 5.02 Å². The van der Waals surface area contributed by atoms with E-state index in [1.54, 1.807) is 298 Å². The number of rotatable bonds is 13. The van der Waals surface area contributed by atoms with Crippen LogP contribution in [0.3, 0.4) is 0 Å². The Morgan fingerprint density at radius 1 is 0.310 bits per heavy atom. The third kappa shape index (κ3) is 18.8. The number of aromatic nitrogens is 24. The molecule has 18 heterocycles. The quantitative estimate of drug-likeness (QED) is 0.101. The lowest BCUT2D eigenvalue weighted by Gasteiger charge is -2.10. The lowest BCUT2D eigenvalue weighted by atomic mass is 10.1. The molecule has 696 valence electrons. The molecule has 0 amide bonds. The molecule has 0 aliphatic carbocycles. The van der Waals surface area contributed by atoms with Crippen molar-refractivity contribution in [3.05, 3.63) is 410 Å². The molecular weight excluding hydrogens is 1860 g/mol. The predicted molar refractivity (Wildman–Crippen MR) is 511 cm³/mol. The van der Waals surface area contributed by atoms with Crippen molar-refractivity contribution < 1.29 is 49.5 Å². The number of fused-ring (bicyclic) bond motifs is 6. The van der Waals surface area contributed by atoms with Gasteiger partial charge < -0.3 is 42.1 Å². The first-order valence-electron chi connectivity index (χ1n) is 42.1. The van der Waals surface area contributed by atoms with Gasteiger partial charge in [-0.3, -0.25) is 27.4 Å². The van der Waals surface area contributed by atoms with Gasteiger partial charge in [-0.1, -0.05) is 54.1 Å². The summed E-state index contributed by atoms with van der Waals surface area (Å²) in [4.78, 5) is 150. The molecule has 24 rings (SSSR count). The van der Waals surface area contributed by atoms with Crippen LogP contribution in [-0.4, -0.2) is 129 Å². The van der Waals surface area contributed by atoms with Gasteiger partial charge in [0.1, 0.15) is 71.0 Å². The van der Waals surface area contributed by atoms with E-state index in [0.29, 0.717) is 123 Å². The van der Waals surface area contributed by atoms with Crippen LogP contribution < -0.4 is 44.2 Å². The number of nitrogen functional groups attached to an aromatic ring is 1. The third-order valence-electron chi connectivity index (χ3n) is 21.2. The molecule has 0 fully saturated rings. The van der Waals surface area contributed by atoms with Gasteiger partial charge in [0, 0.05) is 117 Å². The molecule has 43 heteroatoms. The third-order valence-corrected chi connectivity index (χ3v) is 21.5. The van der Waals surface area contributed by atoms with Crippen molar-refractivity contribution in [3.63, 3.8) is 0 Å². The van der Waals surface area contributed by atoms with E-state index in [0.717, 1.165) is 11.6 Å². The fourth-order valence-electron chi connectivity index (χ4n) is 14.8. The largest absolute Gasteiger partial charge is 0.507 e. The maximum absolute atomic E-state index is 13.1. The minimum Gasteiger partial charge on any atom is -0.507 e. The van der Waals surface area contributed by atoms with Gasteiger partial charge in [-0.25, -0.2) is 118 Å². The van der Waals surface area contributed by atoms with Crippen molar-refractivity contribution in [3.8, 4) is 115 Å². The standard InChI is InChI=1S/C17H9F3N4O2.C17H12N4O3.C17H12N4O2.C16H9ClN4O2.C16H11N5O2.C16H10N4O3/c18-17(19,20)11-4-1-5-12-13(11)16(25)26-15(23-12)10-3-2-6-22-14(10)24-8-7-21-9-24;1-23-13-6-2-5-12-14(13)17(22)24-16(20-12)11-4-3-7-19-15(11)21-9-8-18-10-21;1-11-4-2-6-13-14(11)17(22)23-16(20-13)12-5-3-7-19-15(12)21-9-8-18-10-21;2*17-11-4-1-5-12-13(11)16(22)23-15(20-12)10-3-2-6-19-14(10)21-8-7-18-9-21;21-12-5-1-4-11-13(12)16(22)23-15(19-11)10-3-2-6-18-14(10)20-8-7-17-9-20/h1-9H;2-10H,1H3;2-10H,1H3;1-9H;1-9H,17H2;1-9,21H. The van der Waals surface area contributed by atoms with Crippen LogP contribution in [0.4, 0.5) is 18.9 Å². The molecule has 0 bridgehead atoms. The van der Waals surface area contributed by atoms with E-state index in [1.807, 2.05) is 25.1 Å². The van der Waals surface area contributed by atoms with E-state index in [4.69, 9.17) is 48.6 Å². The number of nitrogens with zero attached hydrogens (tertiary/aromatic N) is 24. The highest BCUT2D eigenvalue weighted by atomic mass is 35.5. The van der Waals surface area contributed by atoms with Gasteiger partial charge in [-0.05, 0) is 152 Å². The molecule has 24 aromatic rings. The SMILES string of the molecule is COc1cccc2nc(-c3cccnc3-n3ccnc3)oc(=O)c12.Cc1cccc2nc(-c3cccnc3-n3ccnc3)oc(=O)c12.Nc1cccc2nc(-c3cccnc3-n3ccnc3)oc(=O)c12.O=c1oc(-c2cccnc2-n2ccnc2)nc2cccc(C(F)(F)F)c12.O=c1oc(-c2cccnc2-n2ccnc2)nc2cccc(Cl)c12.O=c1oc(-c2cccnc2-n2ccnc2)nc2cccc(O)c12. The van der Waals surface area contributed by atoms with Crippen LogP contribution in [0.25, 0.3) is 169 Å². The topological polar surface area (TPSA) is 498 Å². The molecule has 0 saturated carbocycles. The van der Waals surface area contributed by atoms with Gasteiger partial charge >= 0.3 is 39.9 Å². The number of hydrogen-bond donors (Lipinski definition) is 2. The average Bonchev–Trinajstić information content (AvgIpc) is 1.26. The lowest BCUT2D eigenvalue weighted by molar-refractivity contribution is -0.136. The van der Waals surface area contributed by atoms with Crippen molar-refractivity contribution in [2.24, 2.45) is 0 Å². The molecular formula is C99H63ClF3N25O14. The van der Waals surface area contributed by atoms with Crippen molar-refractivity contribution >= 4 is 82.7 Å². The van der Waals surface area contributed by atoms with E-state index in [-0.39, 0.29) is 62.8 Å². The predicted octanol–water partition coefficient (Wildman–Crippen LogP) is 15.9. The zero-order valence-corrected chi connectivity index (χ0v) is 74.0. The number of methoxy groups -OCH3 is 1. The van der Waals surface area contributed by atoms with Gasteiger partial charge in [0.25, 0.3) is 0 Å². The first-order chi connectivity index (χ1) is 69.2. The summed E-state index contributed by atoms with van der Waals surface area (Å²) in [5, 5.41) is 10.9. The van der Waals surface area contributed by atoms with Crippen molar-refractivity contribution in [2.75, 3.05) is 12.8 Å². The van der Waals surface area contributed by atoms with E-state index in [1.165, 1.54) is 44.0 Å². The van der Waals surface area contributed by atoms with Crippen LogP contribution in [0.5, 0.6) is 11.5 Å². The van der Waals surface area contributed by atoms with Gasteiger partial charge in [-0.15, -0.1) is 0 Å². The van der Waals surface area contributed by atoms with Gasteiger partial charge in [0.2, 0.25) is 35.3 Å². The van der Waals surface area contributed by atoms with Crippen LogP contribution >= 0.6 is 11.6 Å². The summed E-state index contributed by atoms with van der Waals surface area (Å²) in [6.07, 6.45) is 34.8. The highest BCUT2D eigenvalue weighted by Crippen LogP contribution is 2.37. The summed E-state index contributed by atoms with van der Waals surface area (Å²) >= 11 is 6.05. The normalized spacial score (nSPS) is 11.1. The fourth-order valence-corrected chi connectivity index (χ4v) is 15.1. The van der Waals surface area contributed by atoms with E-state index < -0.39 is 50.9 Å². The number of nitrogens with two attached hydrogens (primary N) is 1. The molecule has 39 nitrogen and oxygen atoms in total. The zero-order chi connectivity index (χ0) is 98.1. The molecule has 6 aromatic carbocycles. The smallest absolute Gasteiger partial charge is 0.417 e. The highest BCUT2D eigenvalue weighted by molar-refractivity contribution is 6.35. The van der Waals surface area contributed by atoms with Crippen LogP contribution in [0.15, 0.2) is 387 Å². The number of aryl methyl sites for hydroxylation is 1. The summed E-state index contributed by atoms with van der Waals surface area (Å²) in [6, 6.07) is 49.9. The summed E-state index contributed by atoms with van der Waals surface area (Å²) in [7, 11) is 1.50. The Balaban J connectivity index is 0.000000108. The number of phenolic OH excluding ortho intramolecular Hbond substituents is 1. The molecule has 0 aliphatic rings. The summed E-state index contributed by atoms with van der Waals surface area (Å²) < 4.78 is 86.9. The van der Waals surface area contributed by atoms with Crippen molar-refractivity contribution in [1.29, 1.82) is 0 Å². The Morgan fingerprint density at radius 2 is 0.577 bits per heavy atom. The number of halogens is 4. The average molecular weight is 1920 g/mol. The zero-order valence-electron chi connectivity index (χ0n) is 73.3. The number of hydrogen-bond acceptors (Lipinski definition) is 33. The first-order valence-corrected chi connectivity index (χ1v) is 42.5. The van der Waals surface area contributed by atoms with Crippen molar-refractivity contribution in [1.82, 2.24) is 117 Å². The first kappa shape index (κ1) is 90.9. The number of aromatic hydroxyl groups is 1. The van der Waals surface area contributed by atoms with Gasteiger partial charge in [-0.2, -0.15) is 13.2 Å². The lowest BCUT2D eigenvalue weighted by Crippen LogP contribution is -2.13. The molecule has 0 radical (unpaired) electrons. The Bertz CT molecular complexity index is 8480.